The van der Waals surface area contributed by atoms with E-state index >= 15 is 0 Å². The predicted molar refractivity (Wildman–Crippen MR) is 92.2 cm³/mol. The molecule has 0 spiro atoms. The van der Waals surface area contributed by atoms with Crippen LogP contribution in [0.1, 0.15) is 50.4 Å². The maximum absolute atomic E-state index is 12.9. The van der Waals surface area contributed by atoms with Gasteiger partial charge in [-0.25, -0.2) is 0 Å². The van der Waals surface area contributed by atoms with Crippen LogP contribution in [-0.2, 0) is 0 Å². The van der Waals surface area contributed by atoms with Crippen molar-refractivity contribution in [3.63, 3.8) is 0 Å². The molecule has 0 unspecified atom stereocenters. The van der Waals surface area contributed by atoms with Gasteiger partial charge in [-0.3, -0.25) is 4.79 Å². The van der Waals surface area contributed by atoms with E-state index in [1.807, 2.05) is 18.7 Å². The SMILES string of the molecule is CCC1(CO)CCN(C(=O)c2cc(Cl)ccc2OC(C)C)CC1. The van der Waals surface area contributed by atoms with Gasteiger partial charge in [0, 0.05) is 24.7 Å². The average Bonchev–Trinajstić information content (AvgIpc) is 2.55. The number of carbonyl (C=O) groups excluding carboxylic acids is 1. The Labute approximate surface area is 143 Å². The molecule has 1 N–H and O–H groups in total. The van der Waals surface area contributed by atoms with E-state index in [0.717, 1.165) is 19.3 Å². The number of amides is 1. The Morgan fingerprint density at radius 1 is 1.39 bits per heavy atom. The maximum Gasteiger partial charge on any atom is 0.257 e. The van der Waals surface area contributed by atoms with Gasteiger partial charge in [-0.1, -0.05) is 18.5 Å². The van der Waals surface area contributed by atoms with Gasteiger partial charge < -0.3 is 14.7 Å². The molecule has 1 aliphatic heterocycles. The van der Waals surface area contributed by atoms with E-state index in [2.05, 4.69) is 6.92 Å². The summed E-state index contributed by atoms with van der Waals surface area (Å²) >= 11 is 6.07. The zero-order chi connectivity index (χ0) is 17.0. The highest BCUT2D eigenvalue weighted by Gasteiger charge is 2.34. The molecule has 1 amide bonds. The number of aliphatic hydroxyl groups is 1. The Balaban J connectivity index is 2.16. The first-order chi connectivity index (χ1) is 10.9. The number of nitrogens with zero attached hydrogens (tertiary/aromatic N) is 1. The number of hydrogen-bond donors (Lipinski definition) is 1. The molecule has 0 atom stereocenters. The quantitative estimate of drug-likeness (QED) is 0.888. The van der Waals surface area contributed by atoms with Crippen LogP contribution < -0.4 is 4.74 Å². The molecule has 4 nitrogen and oxygen atoms in total. The van der Waals surface area contributed by atoms with Crippen molar-refractivity contribution < 1.29 is 14.6 Å². The summed E-state index contributed by atoms with van der Waals surface area (Å²) < 4.78 is 5.75. The fraction of sp³-hybridized carbons (Fsp3) is 0.611. The van der Waals surface area contributed by atoms with Crippen molar-refractivity contribution in [1.82, 2.24) is 4.90 Å². The number of halogens is 1. The lowest BCUT2D eigenvalue weighted by molar-refractivity contribution is 0.0335. The molecule has 128 valence electrons. The normalized spacial score (nSPS) is 17.4. The first-order valence-electron chi connectivity index (χ1n) is 8.27. The summed E-state index contributed by atoms with van der Waals surface area (Å²) in [7, 11) is 0. The van der Waals surface area contributed by atoms with Gasteiger partial charge in [-0.2, -0.15) is 0 Å². The number of ether oxygens (including phenoxy) is 1. The Hall–Kier alpha value is -1.26. The summed E-state index contributed by atoms with van der Waals surface area (Å²) in [6.45, 7) is 7.45. The van der Waals surface area contributed by atoms with Crippen molar-refractivity contribution in [2.75, 3.05) is 19.7 Å². The van der Waals surface area contributed by atoms with Crippen LogP contribution in [0.5, 0.6) is 5.75 Å². The van der Waals surface area contributed by atoms with Crippen LogP contribution in [0.15, 0.2) is 18.2 Å². The van der Waals surface area contributed by atoms with Crippen molar-refractivity contribution in [3.8, 4) is 5.75 Å². The fourth-order valence-electron chi connectivity index (χ4n) is 3.00. The molecule has 0 aliphatic carbocycles. The predicted octanol–water partition coefficient (Wildman–Crippen LogP) is 3.75. The molecule has 1 aromatic carbocycles. The van der Waals surface area contributed by atoms with Gasteiger partial charge in [0.25, 0.3) is 5.91 Å². The minimum absolute atomic E-state index is 0.00814. The minimum Gasteiger partial charge on any atom is -0.490 e. The lowest BCUT2D eigenvalue weighted by Gasteiger charge is -2.40. The van der Waals surface area contributed by atoms with Gasteiger partial charge in [-0.05, 0) is 56.7 Å². The molecular formula is C18H26ClNO3. The Bertz CT molecular complexity index is 545. The fourth-order valence-corrected chi connectivity index (χ4v) is 3.18. The zero-order valence-electron chi connectivity index (χ0n) is 14.1. The summed E-state index contributed by atoms with van der Waals surface area (Å²) in [5.74, 6) is 0.523. The summed E-state index contributed by atoms with van der Waals surface area (Å²) in [6.07, 6.45) is 2.58. The highest BCUT2D eigenvalue weighted by atomic mass is 35.5. The van der Waals surface area contributed by atoms with Crippen LogP contribution >= 0.6 is 11.6 Å². The molecule has 0 radical (unpaired) electrons. The van der Waals surface area contributed by atoms with Crippen LogP contribution in [0.3, 0.4) is 0 Å². The molecule has 1 aromatic rings. The first-order valence-corrected chi connectivity index (χ1v) is 8.65. The number of aliphatic hydroxyl groups excluding tert-OH is 1. The van der Waals surface area contributed by atoms with E-state index in [0.29, 0.717) is 29.4 Å². The van der Waals surface area contributed by atoms with Gasteiger partial charge in [0.1, 0.15) is 5.75 Å². The summed E-state index contributed by atoms with van der Waals surface area (Å²) in [4.78, 5) is 14.7. The van der Waals surface area contributed by atoms with Gasteiger partial charge >= 0.3 is 0 Å². The average molecular weight is 340 g/mol. The maximum atomic E-state index is 12.9. The lowest BCUT2D eigenvalue weighted by atomic mass is 9.77. The van der Waals surface area contributed by atoms with Crippen LogP contribution in [0.25, 0.3) is 0 Å². The Morgan fingerprint density at radius 2 is 2.04 bits per heavy atom. The number of likely N-dealkylation sites (tertiary alicyclic amines) is 1. The molecule has 1 fully saturated rings. The van der Waals surface area contributed by atoms with E-state index in [1.165, 1.54) is 0 Å². The second kappa shape index (κ2) is 7.54. The summed E-state index contributed by atoms with van der Waals surface area (Å²) in [5.41, 5.74) is 0.474. The van der Waals surface area contributed by atoms with Crippen LogP contribution in [0, 0.1) is 5.41 Å². The molecule has 0 bridgehead atoms. The molecule has 0 aromatic heterocycles. The highest BCUT2D eigenvalue weighted by molar-refractivity contribution is 6.31. The molecule has 1 heterocycles. The first kappa shape index (κ1) is 18.1. The highest BCUT2D eigenvalue weighted by Crippen LogP contribution is 2.35. The van der Waals surface area contributed by atoms with Crippen LogP contribution in [0.2, 0.25) is 5.02 Å². The van der Waals surface area contributed by atoms with Crippen molar-refractivity contribution in [3.05, 3.63) is 28.8 Å². The molecule has 5 heteroatoms. The number of piperidine rings is 1. The topological polar surface area (TPSA) is 49.8 Å². The third-order valence-electron chi connectivity index (χ3n) is 4.73. The van der Waals surface area contributed by atoms with Crippen molar-refractivity contribution in [1.29, 1.82) is 0 Å². The van der Waals surface area contributed by atoms with E-state index in [1.54, 1.807) is 18.2 Å². The summed E-state index contributed by atoms with van der Waals surface area (Å²) in [6, 6.07) is 5.17. The molecule has 1 aliphatic rings. The van der Waals surface area contributed by atoms with E-state index < -0.39 is 0 Å². The van der Waals surface area contributed by atoms with Gasteiger partial charge in [-0.15, -0.1) is 0 Å². The summed E-state index contributed by atoms with van der Waals surface area (Å²) in [5, 5.41) is 10.1. The third kappa shape index (κ3) is 4.18. The van der Waals surface area contributed by atoms with E-state index in [9.17, 15) is 9.90 Å². The van der Waals surface area contributed by atoms with Crippen LogP contribution in [0.4, 0.5) is 0 Å². The minimum atomic E-state index is -0.0502. The molecule has 1 saturated heterocycles. The lowest BCUT2D eigenvalue weighted by Crippen LogP contribution is -2.44. The van der Waals surface area contributed by atoms with Gasteiger partial charge in [0.2, 0.25) is 0 Å². The smallest absolute Gasteiger partial charge is 0.257 e. The molecule has 0 saturated carbocycles. The number of carbonyl (C=O) groups is 1. The zero-order valence-corrected chi connectivity index (χ0v) is 14.9. The monoisotopic (exact) mass is 339 g/mol. The second-order valence-electron chi connectivity index (χ2n) is 6.61. The van der Waals surface area contributed by atoms with E-state index in [-0.39, 0.29) is 24.0 Å². The molecule has 2 rings (SSSR count). The second-order valence-corrected chi connectivity index (χ2v) is 7.05. The largest absolute Gasteiger partial charge is 0.490 e. The van der Waals surface area contributed by atoms with E-state index in [4.69, 9.17) is 16.3 Å². The van der Waals surface area contributed by atoms with Crippen LogP contribution in [-0.4, -0.2) is 41.7 Å². The Kier molecular flexibility index (Phi) is 5.93. The Morgan fingerprint density at radius 3 is 2.57 bits per heavy atom. The number of hydrogen-bond acceptors (Lipinski definition) is 3. The molecule has 23 heavy (non-hydrogen) atoms. The van der Waals surface area contributed by atoms with Crippen molar-refractivity contribution in [2.45, 2.75) is 46.1 Å². The standard InChI is InChI=1S/C18H26ClNO3/c1-4-18(12-21)7-9-20(10-8-18)17(22)15-11-14(19)5-6-16(15)23-13(2)3/h5-6,11,13,21H,4,7-10,12H2,1-3H3. The third-order valence-corrected chi connectivity index (χ3v) is 4.97. The number of benzene rings is 1. The van der Waals surface area contributed by atoms with Gasteiger partial charge in [0.15, 0.2) is 0 Å². The number of rotatable bonds is 5. The molecular weight excluding hydrogens is 314 g/mol. The van der Waals surface area contributed by atoms with Crippen molar-refractivity contribution in [2.24, 2.45) is 5.41 Å². The van der Waals surface area contributed by atoms with Crippen molar-refractivity contribution >= 4 is 17.5 Å². The van der Waals surface area contributed by atoms with Gasteiger partial charge in [0.05, 0.1) is 11.7 Å².